The largest absolute Gasteiger partial charge is 0.481 e. The van der Waals surface area contributed by atoms with Crippen LogP contribution in [-0.2, 0) is 42.9 Å². The lowest BCUT2D eigenvalue weighted by Gasteiger charge is -2.46. The molecule has 2 N–H and O–H groups in total. The summed E-state index contributed by atoms with van der Waals surface area (Å²) in [5.41, 5.74) is -0.601. The summed E-state index contributed by atoms with van der Waals surface area (Å²) in [6.45, 7) is 9.40. The molecule has 6 bridgehead atoms. The summed E-state index contributed by atoms with van der Waals surface area (Å²) in [6.07, 6.45) is 5.81. The van der Waals surface area contributed by atoms with E-state index in [-0.39, 0.29) is 90.6 Å². The van der Waals surface area contributed by atoms with Crippen molar-refractivity contribution in [2.45, 2.75) is 104 Å². The molecule has 4 saturated carbocycles. The molecule has 0 aromatic heterocycles. The number of ether oxygens (including phenoxy) is 4. The minimum Gasteiger partial charge on any atom is -0.481 e. The highest BCUT2D eigenvalue weighted by Gasteiger charge is 2.65. The molecule has 7 aliphatic rings. The molecule has 49 heavy (non-hydrogen) atoms. The van der Waals surface area contributed by atoms with Gasteiger partial charge in [0.15, 0.2) is 0 Å². The highest BCUT2D eigenvalue weighted by Crippen LogP contribution is 2.68. The third kappa shape index (κ3) is 6.02. The molecule has 3 heterocycles. The van der Waals surface area contributed by atoms with Crippen LogP contribution in [0.15, 0.2) is 0 Å². The zero-order valence-corrected chi connectivity index (χ0v) is 29.5. The van der Waals surface area contributed by atoms with Crippen molar-refractivity contribution in [3.8, 4) is 0 Å². The van der Waals surface area contributed by atoms with Gasteiger partial charge >= 0.3 is 29.8 Å². The maximum absolute atomic E-state index is 13.7. The van der Waals surface area contributed by atoms with Crippen LogP contribution in [0.3, 0.4) is 0 Å². The number of cyclic esters (lactones) is 2. The third-order valence-corrected chi connectivity index (χ3v) is 14.3. The van der Waals surface area contributed by atoms with E-state index in [0.29, 0.717) is 37.0 Å². The zero-order chi connectivity index (χ0) is 35.1. The van der Waals surface area contributed by atoms with Crippen molar-refractivity contribution in [1.82, 2.24) is 0 Å². The van der Waals surface area contributed by atoms with E-state index < -0.39 is 41.3 Å². The number of esters is 4. The van der Waals surface area contributed by atoms with Crippen LogP contribution < -0.4 is 0 Å². The predicted molar refractivity (Wildman–Crippen MR) is 172 cm³/mol. The molecule has 4 aliphatic carbocycles. The van der Waals surface area contributed by atoms with E-state index in [9.17, 15) is 34.2 Å². The Labute approximate surface area is 288 Å². The van der Waals surface area contributed by atoms with E-state index in [1.54, 1.807) is 6.92 Å². The van der Waals surface area contributed by atoms with Crippen LogP contribution >= 0.6 is 0 Å². The number of carboxylic acids is 1. The lowest BCUT2D eigenvalue weighted by Crippen LogP contribution is -2.45. The zero-order valence-electron chi connectivity index (χ0n) is 29.5. The molecule has 272 valence electrons. The monoisotopic (exact) mass is 686 g/mol. The molecule has 11 nitrogen and oxygen atoms in total. The average molecular weight is 687 g/mol. The van der Waals surface area contributed by atoms with Crippen molar-refractivity contribution in [3.05, 3.63) is 0 Å². The standard InChI is InChI=1S/C38H54O11/c1-16-20(32-28(15-29(16)47-32)35(43)46-9-8-39)6-7-21-18-10-24(27(11-18)37(45)49-38(3,4)5)31(21)30-19-12-23(26(13-19)33(40)41)25(30)14-22-17(2)34(42)48-36(22)44/h16-32,39H,6-15H2,1-5H3,(H,40,41). The molecule has 7 fully saturated rings. The van der Waals surface area contributed by atoms with Crippen LogP contribution in [-0.4, -0.2) is 71.1 Å². The first kappa shape index (κ1) is 34.9. The van der Waals surface area contributed by atoms with Crippen LogP contribution in [0.4, 0.5) is 0 Å². The molecule has 17 unspecified atom stereocenters. The van der Waals surface area contributed by atoms with E-state index in [4.69, 9.17) is 18.9 Å². The van der Waals surface area contributed by atoms with Crippen LogP contribution in [0.1, 0.15) is 86.0 Å². The van der Waals surface area contributed by atoms with Gasteiger partial charge in [0, 0.05) is 0 Å². The number of aliphatic carboxylic acids is 1. The fourth-order valence-electron chi connectivity index (χ4n) is 12.5. The molecule has 17 atom stereocenters. The van der Waals surface area contributed by atoms with Gasteiger partial charge in [0.05, 0.1) is 48.4 Å². The van der Waals surface area contributed by atoms with Crippen LogP contribution in [0.2, 0.25) is 0 Å². The highest BCUT2D eigenvalue weighted by molar-refractivity contribution is 5.96. The summed E-state index contributed by atoms with van der Waals surface area (Å²) in [7, 11) is 0. The normalized spacial score (nSPS) is 46.4. The summed E-state index contributed by atoms with van der Waals surface area (Å²) >= 11 is 0. The van der Waals surface area contributed by atoms with Gasteiger partial charge in [-0.2, -0.15) is 0 Å². The average Bonchev–Trinajstić information content (AvgIpc) is 3.89. The molecule has 0 radical (unpaired) electrons. The topological polar surface area (TPSA) is 163 Å². The first-order valence-electron chi connectivity index (χ1n) is 18.8. The Morgan fingerprint density at radius 2 is 1.51 bits per heavy atom. The van der Waals surface area contributed by atoms with Gasteiger partial charge in [0.25, 0.3) is 0 Å². The third-order valence-electron chi connectivity index (χ3n) is 14.3. The molecule has 0 spiro atoms. The number of carbonyl (C=O) groups excluding carboxylic acids is 4. The number of carbonyl (C=O) groups is 5. The van der Waals surface area contributed by atoms with Crippen molar-refractivity contribution in [2.24, 2.45) is 88.8 Å². The Balaban J connectivity index is 1.16. The van der Waals surface area contributed by atoms with E-state index >= 15 is 0 Å². The van der Waals surface area contributed by atoms with Gasteiger partial charge < -0.3 is 29.2 Å². The molecule has 11 heteroatoms. The number of fused-ring (bicyclic) bond motifs is 6. The van der Waals surface area contributed by atoms with Gasteiger partial charge in [0.2, 0.25) is 0 Å². The SMILES string of the molecule is CC1C(=O)OC(=O)C1CC1C2CC(CC2C(=O)O)C1C1C(CCC2C(C)C3CC(C(=O)OCCO)C2O3)C2CC(C(=O)OC(C)(C)C)C1C2. The molecule has 0 aromatic rings. The Morgan fingerprint density at radius 3 is 2.14 bits per heavy atom. The number of aliphatic hydroxyl groups excluding tert-OH is 1. The Morgan fingerprint density at radius 1 is 0.816 bits per heavy atom. The van der Waals surface area contributed by atoms with E-state index in [1.165, 1.54) is 0 Å². The first-order chi connectivity index (χ1) is 23.2. The van der Waals surface area contributed by atoms with Gasteiger partial charge in [-0.15, -0.1) is 0 Å². The van der Waals surface area contributed by atoms with Gasteiger partial charge in [0.1, 0.15) is 12.2 Å². The van der Waals surface area contributed by atoms with E-state index in [1.807, 2.05) is 20.8 Å². The van der Waals surface area contributed by atoms with Crippen LogP contribution in [0.5, 0.6) is 0 Å². The second-order valence-electron chi connectivity index (χ2n) is 17.7. The maximum Gasteiger partial charge on any atom is 0.317 e. The number of hydrogen-bond donors (Lipinski definition) is 2. The highest BCUT2D eigenvalue weighted by atomic mass is 16.6. The molecular weight excluding hydrogens is 632 g/mol. The Kier molecular flexibility index (Phi) is 9.19. The minimum atomic E-state index is -0.789. The fourth-order valence-corrected chi connectivity index (χ4v) is 12.5. The quantitative estimate of drug-likeness (QED) is 0.181. The van der Waals surface area contributed by atoms with Crippen molar-refractivity contribution >= 4 is 29.8 Å². The molecule has 7 rings (SSSR count). The van der Waals surface area contributed by atoms with Crippen LogP contribution in [0, 0.1) is 88.8 Å². The fraction of sp³-hybridized carbons (Fsp3) is 0.868. The Hall–Kier alpha value is -2.53. The van der Waals surface area contributed by atoms with Crippen LogP contribution in [0.25, 0.3) is 0 Å². The van der Waals surface area contributed by atoms with Crippen molar-refractivity contribution in [2.75, 3.05) is 13.2 Å². The molecule has 3 aliphatic heterocycles. The van der Waals surface area contributed by atoms with Gasteiger partial charge in [-0.1, -0.05) is 13.8 Å². The van der Waals surface area contributed by atoms with E-state index in [0.717, 1.165) is 32.1 Å². The second kappa shape index (κ2) is 12.9. The number of carboxylic acid groups (broad SMARTS) is 1. The molecule has 0 aromatic carbocycles. The van der Waals surface area contributed by atoms with Gasteiger partial charge in [-0.3, -0.25) is 24.0 Å². The first-order valence-corrected chi connectivity index (χ1v) is 18.8. The second-order valence-corrected chi connectivity index (χ2v) is 17.7. The summed E-state index contributed by atoms with van der Waals surface area (Å²) < 4.78 is 22.7. The smallest absolute Gasteiger partial charge is 0.317 e. The number of hydrogen-bond acceptors (Lipinski definition) is 10. The summed E-state index contributed by atoms with van der Waals surface area (Å²) in [5, 5.41) is 19.4. The van der Waals surface area contributed by atoms with Crippen molar-refractivity contribution < 1.29 is 53.1 Å². The maximum atomic E-state index is 13.7. The lowest BCUT2D eigenvalue weighted by molar-refractivity contribution is -0.164. The predicted octanol–water partition coefficient (Wildman–Crippen LogP) is 4.27. The molecule has 3 saturated heterocycles. The van der Waals surface area contributed by atoms with Gasteiger partial charge in [-0.25, -0.2) is 0 Å². The summed E-state index contributed by atoms with van der Waals surface area (Å²) in [6, 6.07) is 0. The number of rotatable bonds is 11. The molecular formula is C38H54O11. The van der Waals surface area contributed by atoms with Crippen molar-refractivity contribution in [3.63, 3.8) is 0 Å². The van der Waals surface area contributed by atoms with E-state index in [2.05, 4.69) is 6.92 Å². The Bertz CT molecular complexity index is 1350. The summed E-state index contributed by atoms with van der Waals surface area (Å²) in [4.78, 5) is 64.3. The summed E-state index contributed by atoms with van der Waals surface area (Å²) in [5.74, 6) is -2.75. The minimum absolute atomic E-state index is 0.00724. The molecule has 0 amide bonds. The number of aliphatic hydroxyl groups is 1. The van der Waals surface area contributed by atoms with Gasteiger partial charge in [-0.05, 0) is 131 Å². The lowest BCUT2D eigenvalue weighted by atomic mass is 9.58. The van der Waals surface area contributed by atoms with Crippen molar-refractivity contribution in [1.29, 1.82) is 0 Å².